The average Bonchev–Trinajstić information content (AvgIpc) is 3.25. The van der Waals surface area contributed by atoms with Crippen molar-refractivity contribution < 1.29 is 4.39 Å². The maximum absolute atomic E-state index is 13.6. The van der Waals surface area contributed by atoms with Crippen molar-refractivity contribution in [1.82, 2.24) is 20.2 Å². The third-order valence-corrected chi connectivity index (χ3v) is 7.81. The maximum atomic E-state index is 13.6. The van der Waals surface area contributed by atoms with Crippen molar-refractivity contribution in [3.63, 3.8) is 0 Å². The van der Waals surface area contributed by atoms with Crippen LogP contribution in [0.1, 0.15) is 32.3 Å². The van der Waals surface area contributed by atoms with Crippen molar-refractivity contribution in [2.24, 2.45) is 11.8 Å². The summed E-state index contributed by atoms with van der Waals surface area (Å²) in [5.74, 6) is 3.18. The fourth-order valence-electron chi connectivity index (χ4n) is 6.19. The van der Waals surface area contributed by atoms with E-state index in [9.17, 15) is 4.39 Å². The Hall–Kier alpha value is -3.49. The van der Waals surface area contributed by atoms with Gasteiger partial charge in [-0.1, -0.05) is 13.8 Å². The number of fused-ring (bicyclic) bond motifs is 3. The molecule has 0 amide bonds. The van der Waals surface area contributed by atoms with E-state index >= 15 is 0 Å². The Kier molecular flexibility index (Phi) is 5.23. The number of nitrogens with zero attached hydrogens (tertiary/aromatic N) is 6. The Morgan fingerprint density at radius 1 is 0.971 bits per heavy atom. The summed E-state index contributed by atoms with van der Waals surface area (Å²) >= 11 is 0. The van der Waals surface area contributed by atoms with Crippen LogP contribution in [0.2, 0.25) is 0 Å². The number of benzene rings is 1. The zero-order valence-corrected chi connectivity index (χ0v) is 20.4. The van der Waals surface area contributed by atoms with Gasteiger partial charge in [-0.15, -0.1) is 0 Å². The van der Waals surface area contributed by atoms with Crippen molar-refractivity contribution in [2.75, 3.05) is 47.1 Å². The van der Waals surface area contributed by atoms with Crippen LogP contribution in [0.25, 0.3) is 0 Å². The van der Waals surface area contributed by atoms with Crippen LogP contribution >= 0.6 is 0 Å². The molecule has 1 saturated heterocycles. The molecule has 2 N–H and O–H groups in total. The van der Waals surface area contributed by atoms with Gasteiger partial charge in [0.25, 0.3) is 0 Å². The van der Waals surface area contributed by atoms with Gasteiger partial charge >= 0.3 is 0 Å². The van der Waals surface area contributed by atoms with Crippen LogP contribution in [-0.2, 0) is 5.41 Å². The molecule has 0 unspecified atom stereocenters. The lowest BCUT2D eigenvalue weighted by Crippen LogP contribution is -2.48. The molecule has 2 bridgehead atoms. The lowest BCUT2D eigenvalue weighted by molar-refractivity contribution is 0.376. The highest BCUT2D eigenvalue weighted by atomic mass is 19.1. The third-order valence-electron chi connectivity index (χ3n) is 7.81. The molecule has 8 nitrogen and oxygen atoms in total. The number of nitrogens with one attached hydrogen (secondary N) is 2. The fourth-order valence-corrected chi connectivity index (χ4v) is 6.19. The highest BCUT2D eigenvalue weighted by molar-refractivity contribution is 5.75. The van der Waals surface area contributed by atoms with Crippen LogP contribution in [-0.4, -0.2) is 52.9 Å². The van der Waals surface area contributed by atoms with E-state index in [1.54, 1.807) is 6.20 Å². The lowest BCUT2D eigenvalue weighted by Gasteiger charge is -2.39. The highest BCUT2D eigenvalue weighted by Gasteiger charge is 2.44. The van der Waals surface area contributed by atoms with Crippen LogP contribution in [0.15, 0.2) is 42.7 Å². The second-order valence-electron chi connectivity index (χ2n) is 10.6. The van der Waals surface area contributed by atoms with Gasteiger partial charge in [0.1, 0.15) is 17.5 Å². The van der Waals surface area contributed by atoms with Gasteiger partial charge in [0.05, 0.1) is 18.1 Å². The minimum atomic E-state index is -0.238. The van der Waals surface area contributed by atoms with E-state index in [-0.39, 0.29) is 11.2 Å². The summed E-state index contributed by atoms with van der Waals surface area (Å²) in [5.41, 5.74) is 3.02. The summed E-state index contributed by atoms with van der Waals surface area (Å²) in [7, 11) is 1.91. The molecule has 0 radical (unpaired) electrons. The zero-order valence-electron chi connectivity index (χ0n) is 20.4. The number of rotatable bonds is 5. The lowest BCUT2D eigenvalue weighted by atomic mass is 9.88. The normalized spacial score (nSPS) is 24.4. The van der Waals surface area contributed by atoms with Crippen LogP contribution in [0, 0.1) is 17.7 Å². The number of hydrogen-bond donors (Lipinski definition) is 2. The molecule has 1 saturated carbocycles. The Balaban J connectivity index is 1.30. The molecule has 4 heterocycles. The molecule has 0 spiro atoms. The van der Waals surface area contributed by atoms with Gasteiger partial charge in [-0.3, -0.25) is 0 Å². The van der Waals surface area contributed by atoms with E-state index in [0.29, 0.717) is 23.8 Å². The number of piperidine rings is 1. The van der Waals surface area contributed by atoms with Crippen molar-refractivity contribution in [1.29, 1.82) is 0 Å². The molecule has 35 heavy (non-hydrogen) atoms. The second-order valence-corrected chi connectivity index (χ2v) is 10.6. The number of halogens is 1. The third kappa shape index (κ3) is 3.83. The molecule has 3 atom stereocenters. The summed E-state index contributed by atoms with van der Waals surface area (Å²) < 4.78 is 13.6. The smallest absolute Gasteiger partial charge is 0.226 e. The number of anilines is 5. The molecule has 1 aliphatic carbocycles. The summed E-state index contributed by atoms with van der Waals surface area (Å²) in [6.07, 6.45) is 5.99. The monoisotopic (exact) mass is 474 g/mol. The molecule has 182 valence electrons. The molecule has 3 aromatic rings. The van der Waals surface area contributed by atoms with Gasteiger partial charge in [-0.05, 0) is 55.0 Å². The molecule has 1 aromatic carbocycles. The van der Waals surface area contributed by atoms with Crippen molar-refractivity contribution >= 4 is 29.0 Å². The average molecular weight is 475 g/mol. The van der Waals surface area contributed by atoms with E-state index in [2.05, 4.69) is 44.5 Å². The first-order chi connectivity index (χ1) is 16.9. The van der Waals surface area contributed by atoms with E-state index in [1.165, 1.54) is 25.0 Å². The predicted molar refractivity (Wildman–Crippen MR) is 136 cm³/mol. The SMILES string of the molecule is CNc1nc(N[C@H]2[C@@H]3CC[C@H]2CN(c2ccnnc2)C3)nc2c1C(C)(C)CN2c1ccc(F)cc1. The van der Waals surface area contributed by atoms with E-state index in [4.69, 9.17) is 9.97 Å². The fraction of sp³-hybridized carbons (Fsp3) is 0.462. The van der Waals surface area contributed by atoms with Crippen molar-refractivity contribution in [3.8, 4) is 0 Å². The summed E-state index contributed by atoms with van der Waals surface area (Å²) in [6, 6.07) is 9.01. The van der Waals surface area contributed by atoms with E-state index in [1.807, 2.05) is 31.4 Å². The highest BCUT2D eigenvalue weighted by Crippen LogP contribution is 2.47. The summed E-state index contributed by atoms with van der Waals surface area (Å²) in [4.78, 5) is 14.6. The first kappa shape index (κ1) is 22.0. The minimum Gasteiger partial charge on any atom is -0.373 e. The summed E-state index contributed by atoms with van der Waals surface area (Å²) in [6.45, 7) is 7.13. The Morgan fingerprint density at radius 2 is 1.71 bits per heavy atom. The topological polar surface area (TPSA) is 82.1 Å². The van der Waals surface area contributed by atoms with Crippen LogP contribution in [0.3, 0.4) is 0 Å². The minimum absolute atomic E-state index is 0.149. The largest absolute Gasteiger partial charge is 0.373 e. The molecule has 2 aromatic heterocycles. The second kappa shape index (κ2) is 8.32. The van der Waals surface area contributed by atoms with Gasteiger partial charge < -0.3 is 20.4 Å². The first-order valence-corrected chi connectivity index (χ1v) is 12.3. The molecular weight excluding hydrogens is 443 g/mol. The van der Waals surface area contributed by atoms with Gasteiger partial charge in [0, 0.05) is 49.4 Å². The zero-order chi connectivity index (χ0) is 24.2. The molecular formula is C26H31FN8. The Bertz CT molecular complexity index is 1200. The predicted octanol–water partition coefficient (Wildman–Crippen LogP) is 4.20. The number of hydrogen-bond acceptors (Lipinski definition) is 8. The molecule has 3 aliphatic rings. The quantitative estimate of drug-likeness (QED) is 0.569. The Labute approximate surface area is 205 Å². The standard InChI is InChI=1S/C26H31FN8/c1-26(2)15-35(19-8-6-18(27)7-9-19)24-21(26)23(28-3)32-25(33-24)31-22-16-4-5-17(22)14-34(13-16)20-10-11-29-30-12-20/h6-12,16-17,22H,4-5,13-15H2,1-3H3,(H2,28,31,32,33)/t16-,17+,22+. The van der Waals surface area contributed by atoms with Gasteiger partial charge in [-0.2, -0.15) is 20.2 Å². The maximum Gasteiger partial charge on any atom is 0.226 e. The summed E-state index contributed by atoms with van der Waals surface area (Å²) in [5, 5.41) is 15.0. The van der Waals surface area contributed by atoms with Crippen molar-refractivity contribution in [2.45, 2.75) is 38.1 Å². The van der Waals surface area contributed by atoms with Crippen LogP contribution in [0.5, 0.6) is 0 Å². The molecule has 2 aliphatic heterocycles. The van der Waals surface area contributed by atoms with Crippen LogP contribution in [0.4, 0.5) is 33.3 Å². The first-order valence-electron chi connectivity index (χ1n) is 12.3. The molecule has 9 heteroatoms. The van der Waals surface area contributed by atoms with Crippen LogP contribution < -0.4 is 20.4 Å². The van der Waals surface area contributed by atoms with E-state index in [0.717, 1.165) is 48.2 Å². The number of aromatic nitrogens is 4. The van der Waals surface area contributed by atoms with Gasteiger partial charge in [-0.25, -0.2) is 4.39 Å². The molecule has 6 rings (SSSR count). The Morgan fingerprint density at radius 3 is 2.37 bits per heavy atom. The molecule has 2 fully saturated rings. The van der Waals surface area contributed by atoms with Gasteiger partial charge in [0.15, 0.2) is 0 Å². The van der Waals surface area contributed by atoms with Crippen molar-refractivity contribution in [3.05, 3.63) is 54.1 Å². The van der Waals surface area contributed by atoms with Gasteiger partial charge in [0.2, 0.25) is 5.95 Å². The van der Waals surface area contributed by atoms with E-state index < -0.39 is 0 Å².